The number of hydrazone groups is 1. The van der Waals surface area contributed by atoms with Crippen LogP contribution in [0.1, 0.15) is 38.2 Å². The molecule has 0 saturated heterocycles. The Kier molecular flexibility index (Phi) is 9.00. The zero-order chi connectivity index (χ0) is 13.4. The molecule has 0 unspecified atom stereocenters. The molecule has 0 atom stereocenters. The molecule has 1 rings (SSSR count). The van der Waals surface area contributed by atoms with Crippen LogP contribution in [0.3, 0.4) is 0 Å². The van der Waals surface area contributed by atoms with Crippen LogP contribution in [0.15, 0.2) is 29.4 Å². The zero-order valence-corrected chi connectivity index (χ0v) is 12.5. The van der Waals surface area contributed by atoms with Gasteiger partial charge in [0.2, 0.25) is 5.96 Å². The number of unbranched alkanes of at least 4 members (excludes halogenated alkanes) is 2. The van der Waals surface area contributed by atoms with Crippen molar-refractivity contribution in [2.24, 2.45) is 10.8 Å². The maximum atomic E-state index is 7.14. The fourth-order valence-electron chi connectivity index (χ4n) is 1.58. The van der Waals surface area contributed by atoms with E-state index in [0.717, 1.165) is 37.0 Å². The summed E-state index contributed by atoms with van der Waals surface area (Å²) in [7, 11) is 0. The van der Waals surface area contributed by atoms with E-state index in [9.17, 15) is 0 Å². The Hall–Kier alpha value is -1.26. The SMILES string of the molecule is CCCCC/C(=N\NC(=N)N)c1ccc(Cl)cc1.Cl. The summed E-state index contributed by atoms with van der Waals surface area (Å²) in [6, 6.07) is 7.52. The lowest BCUT2D eigenvalue weighted by Gasteiger charge is -2.07. The van der Waals surface area contributed by atoms with Crippen molar-refractivity contribution in [3.05, 3.63) is 34.9 Å². The molecule has 0 spiro atoms. The quantitative estimate of drug-likeness (QED) is 0.325. The number of halogens is 2. The summed E-state index contributed by atoms with van der Waals surface area (Å²) in [5.74, 6) is -0.156. The Bertz CT molecular complexity index is 415. The van der Waals surface area contributed by atoms with Crippen LogP contribution in [0.2, 0.25) is 5.02 Å². The minimum absolute atomic E-state index is 0. The molecule has 106 valence electrons. The molecule has 4 nitrogen and oxygen atoms in total. The van der Waals surface area contributed by atoms with Crippen LogP contribution in [-0.2, 0) is 0 Å². The molecule has 6 heteroatoms. The van der Waals surface area contributed by atoms with Gasteiger partial charge in [0.15, 0.2) is 0 Å². The van der Waals surface area contributed by atoms with Gasteiger partial charge in [-0.1, -0.05) is 43.5 Å². The van der Waals surface area contributed by atoms with Gasteiger partial charge in [-0.15, -0.1) is 12.4 Å². The molecule has 0 aliphatic rings. The number of hydrogen-bond donors (Lipinski definition) is 3. The number of nitrogens with zero attached hydrogens (tertiary/aromatic N) is 1. The smallest absolute Gasteiger partial charge is 0.206 e. The highest BCUT2D eigenvalue weighted by Gasteiger charge is 2.04. The Morgan fingerprint density at radius 2 is 1.95 bits per heavy atom. The third-order valence-corrected chi connectivity index (χ3v) is 2.76. The first kappa shape index (κ1) is 17.7. The summed E-state index contributed by atoms with van der Waals surface area (Å²) in [5, 5.41) is 12.0. The van der Waals surface area contributed by atoms with E-state index < -0.39 is 0 Å². The van der Waals surface area contributed by atoms with Gasteiger partial charge in [0, 0.05) is 5.02 Å². The molecule has 19 heavy (non-hydrogen) atoms. The summed E-state index contributed by atoms with van der Waals surface area (Å²) < 4.78 is 0. The standard InChI is InChI=1S/C13H19ClN4.ClH/c1-2-3-4-5-12(17-18-13(15)16)10-6-8-11(14)9-7-10;/h6-9H,2-5H2,1H3,(H4,15,16,18);1H/b17-12+;. The molecule has 4 N–H and O–H groups in total. The van der Waals surface area contributed by atoms with E-state index in [1.165, 1.54) is 0 Å². The first-order valence-corrected chi connectivity index (χ1v) is 6.43. The molecule has 0 aliphatic carbocycles. The molecule has 1 aromatic carbocycles. The molecule has 1 aromatic rings. The molecule has 0 heterocycles. The summed E-state index contributed by atoms with van der Waals surface area (Å²) in [5.41, 5.74) is 9.65. The lowest BCUT2D eigenvalue weighted by Crippen LogP contribution is -2.27. The molecule has 0 amide bonds. The maximum Gasteiger partial charge on any atom is 0.206 e. The van der Waals surface area contributed by atoms with Gasteiger partial charge in [-0.05, 0) is 30.5 Å². The second kappa shape index (κ2) is 9.64. The van der Waals surface area contributed by atoms with Crippen molar-refractivity contribution in [1.82, 2.24) is 5.43 Å². The predicted molar refractivity (Wildman–Crippen MR) is 84.4 cm³/mol. The largest absolute Gasteiger partial charge is 0.369 e. The van der Waals surface area contributed by atoms with E-state index in [2.05, 4.69) is 17.5 Å². The number of rotatable bonds is 6. The number of benzene rings is 1. The second-order valence-corrected chi connectivity index (χ2v) is 4.48. The highest BCUT2D eigenvalue weighted by molar-refractivity contribution is 6.30. The van der Waals surface area contributed by atoms with Gasteiger partial charge in [-0.3, -0.25) is 5.41 Å². The summed E-state index contributed by atoms with van der Waals surface area (Å²) in [4.78, 5) is 0. The summed E-state index contributed by atoms with van der Waals surface area (Å²) >= 11 is 5.86. The van der Waals surface area contributed by atoms with Crippen molar-refractivity contribution in [2.45, 2.75) is 32.6 Å². The molecule has 0 aliphatic heterocycles. The van der Waals surface area contributed by atoms with E-state index in [1.54, 1.807) is 0 Å². The van der Waals surface area contributed by atoms with Crippen LogP contribution in [0.25, 0.3) is 0 Å². The molecule has 0 radical (unpaired) electrons. The van der Waals surface area contributed by atoms with E-state index in [-0.39, 0.29) is 18.4 Å². The van der Waals surface area contributed by atoms with E-state index in [0.29, 0.717) is 5.02 Å². The number of guanidine groups is 1. The van der Waals surface area contributed by atoms with E-state index in [4.69, 9.17) is 22.7 Å². The van der Waals surface area contributed by atoms with Crippen LogP contribution >= 0.6 is 24.0 Å². The number of hydrogen-bond acceptors (Lipinski definition) is 2. The highest BCUT2D eigenvalue weighted by atomic mass is 35.5. The molecule has 0 saturated carbocycles. The van der Waals surface area contributed by atoms with Gasteiger partial charge >= 0.3 is 0 Å². The summed E-state index contributed by atoms with van der Waals surface area (Å²) in [6.07, 6.45) is 4.24. The van der Waals surface area contributed by atoms with E-state index >= 15 is 0 Å². The van der Waals surface area contributed by atoms with Crippen LogP contribution in [0.5, 0.6) is 0 Å². The van der Waals surface area contributed by atoms with Crippen molar-refractivity contribution in [3.63, 3.8) is 0 Å². The topological polar surface area (TPSA) is 74.3 Å². The third kappa shape index (κ3) is 7.03. The van der Waals surface area contributed by atoms with Crippen LogP contribution in [0, 0.1) is 5.41 Å². The van der Waals surface area contributed by atoms with Crippen molar-refractivity contribution >= 4 is 35.7 Å². The van der Waals surface area contributed by atoms with E-state index in [1.807, 2.05) is 24.3 Å². The molecular weight excluding hydrogens is 283 g/mol. The molecule has 0 aromatic heterocycles. The first-order valence-electron chi connectivity index (χ1n) is 6.06. The number of nitrogens with one attached hydrogen (secondary N) is 2. The van der Waals surface area contributed by atoms with Gasteiger partial charge < -0.3 is 5.73 Å². The Balaban J connectivity index is 0.00000324. The van der Waals surface area contributed by atoms with Crippen LogP contribution in [-0.4, -0.2) is 11.7 Å². The fourth-order valence-corrected chi connectivity index (χ4v) is 1.70. The summed E-state index contributed by atoms with van der Waals surface area (Å²) in [6.45, 7) is 2.16. The van der Waals surface area contributed by atoms with Crippen molar-refractivity contribution in [3.8, 4) is 0 Å². The zero-order valence-electron chi connectivity index (χ0n) is 10.9. The Morgan fingerprint density at radius 3 is 2.47 bits per heavy atom. The van der Waals surface area contributed by atoms with Crippen molar-refractivity contribution in [1.29, 1.82) is 5.41 Å². The minimum atomic E-state index is -0.156. The van der Waals surface area contributed by atoms with Gasteiger partial charge in [-0.2, -0.15) is 5.10 Å². The third-order valence-electron chi connectivity index (χ3n) is 2.51. The Labute approximate surface area is 125 Å². The highest BCUT2D eigenvalue weighted by Crippen LogP contribution is 2.13. The first-order chi connectivity index (χ1) is 8.63. The predicted octanol–water partition coefficient (Wildman–Crippen LogP) is 3.53. The molecular formula is C13H20Cl2N4. The van der Waals surface area contributed by atoms with Crippen molar-refractivity contribution in [2.75, 3.05) is 0 Å². The molecule has 0 fully saturated rings. The van der Waals surface area contributed by atoms with Gasteiger partial charge in [0.05, 0.1) is 5.71 Å². The Morgan fingerprint density at radius 1 is 1.32 bits per heavy atom. The fraction of sp³-hybridized carbons (Fsp3) is 0.385. The maximum absolute atomic E-state index is 7.14. The number of nitrogens with two attached hydrogens (primary N) is 1. The van der Waals surface area contributed by atoms with Gasteiger partial charge in [0.25, 0.3) is 0 Å². The monoisotopic (exact) mass is 302 g/mol. The van der Waals surface area contributed by atoms with Gasteiger partial charge in [0.1, 0.15) is 0 Å². The minimum Gasteiger partial charge on any atom is -0.369 e. The van der Waals surface area contributed by atoms with Crippen LogP contribution in [0.4, 0.5) is 0 Å². The van der Waals surface area contributed by atoms with Crippen molar-refractivity contribution < 1.29 is 0 Å². The lowest BCUT2D eigenvalue weighted by molar-refractivity contribution is 0.739. The van der Waals surface area contributed by atoms with Gasteiger partial charge in [-0.25, -0.2) is 5.43 Å². The van der Waals surface area contributed by atoms with Crippen LogP contribution < -0.4 is 11.2 Å². The normalized spacial score (nSPS) is 10.7. The molecule has 0 bridgehead atoms. The lowest BCUT2D eigenvalue weighted by atomic mass is 10.0. The second-order valence-electron chi connectivity index (χ2n) is 4.05. The average molecular weight is 303 g/mol. The average Bonchev–Trinajstić information content (AvgIpc) is 2.34.